The molecule has 1 aliphatic rings. The minimum atomic E-state index is -0.564. The fourth-order valence-electron chi connectivity index (χ4n) is 2.41. The maximum Gasteiger partial charge on any atom is 0.223 e. The molecule has 0 saturated carbocycles. The van der Waals surface area contributed by atoms with Gasteiger partial charge in [0.15, 0.2) is 0 Å². The number of hydrogen-bond acceptors (Lipinski definition) is 2. The number of aliphatic hydroxyl groups is 1. The number of halogens is 1. The summed E-state index contributed by atoms with van der Waals surface area (Å²) < 4.78 is 1.08. The monoisotopic (exact) mass is 325 g/mol. The van der Waals surface area contributed by atoms with Crippen LogP contribution in [0.3, 0.4) is 0 Å². The summed E-state index contributed by atoms with van der Waals surface area (Å²) in [6.45, 7) is 3.83. The Morgan fingerprint density at radius 3 is 2.95 bits per heavy atom. The molecule has 4 heteroatoms. The molecule has 1 aromatic rings. The van der Waals surface area contributed by atoms with Gasteiger partial charge in [-0.3, -0.25) is 4.79 Å². The molecule has 0 bridgehead atoms. The number of aliphatic hydroxyl groups excluding tert-OH is 1. The number of nitrogens with one attached hydrogen (secondary N) is 1. The first kappa shape index (κ1) is 14.5. The molecular weight excluding hydrogens is 306 g/mol. The van der Waals surface area contributed by atoms with Gasteiger partial charge in [-0.25, -0.2) is 0 Å². The predicted molar refractivity (Wildman–Crippen MR) is 78.8 cm³/mol. The number of fused-ring (bicyclic) bond motifs is 1. The zero-order valence-corrected chi connectivity index (χ0v) is 12.9. The molecule has 1 aromatic carbocycles. The lowest BCUT2D eigenvalue weighted by Crippen LogP contribution is -2.31. The first-order valence-corrected chi connectivity index (χ1v) is 7.52. The minimum Gasteiger partial charge on any atom is -0.392 e. The summed E-state index contributed by atoms with van der Waals surface area (Å²) in [6.07, 6.45) is 1.55. The van der Waals surface area contributed by atoms with E-state index in [2.05, 4.69) is 33.4 Å². The summed E-state index contributed by atoms with van der Waals surface area (Å²) in [4.78, 5) is 11.9. The van der Waals surface area contributed by atoms with E-state index >= 15 is 0 Å². The van der Waals surface area contributed by atoms with Crippen LogP contribution >= 0.6 is 15.9 Å². The molecule has 2 atom stereocenters. The zero-order valence-electron chi connectivity index (χ0n) is 11.3. The molecule has 0 heterocycles. The van der Waals surface area contributed by atoms with Crippen molar-refractivity contribution < 1.29 is 9.90 Å². The number of amides is 1. The number of rotatable bonds is 4. The third-order valence-corrected chi connectivity index (χ3v) is 4.18. The van der Waals surface area contributed by atoms with Crippen molar-refractivity contribution in [2.24, 2.45) is 5.92 Å². The maximum absolute atomic E-state index is 11.9. The van der Waals surface area contributed by atoms with Gasteiger partial charge in [0.2, 0.25) is 5.91 Å². The summed E-state index contributed by atoms with van der Waals surface area (Å²) in [5.74, 6) is 0.0412. The summed E-state index contributed by atoms with van der Waals surface area (Å²) in [5, 5.41) is 12.8. The van der Waals surface area contributed by atoms with Crippen LogP contribution in [0.4, 0.5) is 0 Å². The molecule has 3 nitrogen and oxygen atoms in total. The van der Waals surface area contributed by atoms with Crippen LogP contribution in [0.15, 0.2) is 22.7 Å². The van der Waals surface area contributed by atoms with Crippen molar-refractivity contribution in [1.29, 1.82) is 0 Å². The van der Waals surface area contributed by atoms with Crippen molar-refractivity contribution in [3.05, 3.63) is 33.8 Å². The highest BCUT2D eigenvalue weighted by Gasteiger charge is 2.25. The van der Waals surface area contributed by atoms with Gasteiger partial charge in [-0.2, -0.15) is 0 Å². The van der Waals surface area contributed by atoms with Crippen LogP contribution in [0.5, 0.6) is 0 Å². The van der Waals surface area contributed by atoms with Gasteiger partial charge in [-0.05, 0) is 42.0 Å². The summed E-state index contributed by atoms with van der Waals surface area (Å²) in [6, 6.07) is 6.28. The SMILES string of the molecule is CC(C)C(O)CC(=O)NC1CCc2cc(Br)ccc21. The first-order chi connectivity index (χ1) is 8.97. The number of hydrogen-bond donors (Lipinski definition) is 2. The lowest BCUT2D eigenvalue weighted by atomic mass is 10.0. The summed E-state index contributed by atoms with van der Waals surface area (Å²) in [7, 11) is 0. The van der Waals surface area contributed by atoms with Gasteiger partial charge < -0.3 is 10.4 Å². The third kappa shape index (κ3) is 3.57. The molecule has 2 N–H and O–H groups in total. The van der Waals surface area contributed by atoms with Gasteiger partial charge in [-0.1, -0.05) is 35.8 Å². The number of carbonyl (C=O) groups is 1. The van der Waals surface area contributed by atoms with Gasteiger partial charge >= 0.3 is 0 Å². The van der Waals surface area contributed by atoms with Crippen LogP contribution in [0.25, 0.3) is 0 Å². The van der Waals surface area contributed by atoms with Gasteiger partial charge in [0.1, 0.15) is 0 Å². The van der Waals surface area contributed by atoms with Crippen molar-refractivity contribution in [1.82, 2.24) is 5.32 Å². The average Bonchev–Trinajstić information content (AvgIpc) is 2.71. The van der Waals surface area contributed by atoms with Crippen LogP contribution in [0, 0.1) is 5.92 Å². The van der Waals surface area contributed by atoms with Gasteiger partial charge in [0.25, 0.3) is 0 Å². The van der Waals surface area contributed by atoms with Crippen LogP contribution in [0.2, 0.25) is 0 Å². The molecule has 1 aliphatic carbocycles. The highest BCUT2D eigenvalue weighted by Crippen LogP contribution is 2.33. The molecule has 2 rings (SSSR count). The molecule has 0 aromatic heterocycles. The largest absolute Gasteiger partial charge is 0.392 e. The molecule has 0 aliphatic heterocycles. The lowest BCUT2D eigenvalue weighted by molar-refractivity contribution is -0.124. The Morgan fingerprint density at radius 2 is 2.26 bits per heavy atom. The van der Waals surface area contributed by atoms with Gasteiger partial charge in [-0.15, -0.1) is 0 Å². The average molecular weight is 326 g/mol. The first-order valence-electron chi connectivity index (χ1n) is 6.73. The highest BCUT2D eigenvalue weighted by atomic mass is 79.9. The van der Waals surface area contributed by atoms with E-state index in [9.17, 15) is 9.90 Å². The van der Waals surface area contributed by atoms with Crippen molar-refractivity contribution in [2.75, 3.05) is 0 Å². The van der Waals surface area contributed by atoms with E-state index in [1.165, 1.54) is 11.1 Å². The van der Waals surface area contributed by atoms with Gasteiger partial charge in [0, 0.05) is 4.47 Å². The second kappa shape index (κ2) is 6.06. The maximum atomic E-state index is 11.9. The molecule has 0 spiro atoms. The Kier molecular flexibility index (Phi) is 4.63. The van der Waals surface area contributed by atoms with E-state index in [1.807, 2.05) is 19.9 Å². The van der Waals surface area contributed by atoms with Crippen molar-refractivity contribution in [3.8, 4) is 0 Å². The second-order valence-electron chi connectivity index (χ2n) is 5.52. The predicted octanol–water partition coefficient (Wildman–Crippen LogP) is 2.96. The van der Waals surface area contributed by atoms with Crippen LogP contribution < -0.4 is 5.32 Å². The molecule has 0 radical (unpaired) electrons. The second-order valence-corrected chi connectivity index (χ2v) is 6.43. The molecule has 19 heavy (non-hydrogen) atoms. The summed E-state index contributed by atoms with van der Waals surface area (Å²) >= 11 is 3.46. The van der Waals surface area contributed by atoms with Crippen molar-refractivity contribution in [2.45, 2.75) is 45.3 Å². The quantitative estimate of drug-likeness (QED) is 0.894. The normalized spacial score (nSPS) is 19.3. The molecular formula is C15H20BrNO2. The fraction of sp³-hybridized carbons (Fsp3) is 0.533. The van der Waals surface area contributed by atoms with E-state index < -0.39 is 6.10 Å². The van der Waals surface area contributed by atoms with Crippen LogP contribution in [-0.2, 0) is 11.2 Å². The molecule has 2 unspecified atom stereocenters. The smallest absolute Gasteiger partial charge is 0.223 e. The Hall–Kier alpha value is -0.870. The van der Waals surface area contributed by atoms with E-state index in [0.29, 0.717) is 0 Å². The number of carbonyl (C=O) groups excluding carboxylic acids is 1. The Labute approximate surface area is 122 Å². The van der Waals surface area contributed by atoms with Gasteiger partial charge in [0.05, 0.1) is 18.6 Å². The molecule has 104 valence electrons. The topological polar surface area (TPSA) is 49.3 Å². The Balaban J connectivity index is 1.97. The molecule has 1 amide bonds. The van der Waals surface area contributed by atoms with Crippen LogP contribution in [-0.4, -0.2) is 17.1 Å². The highest BCUT2D eigenvalue weighted by molar-refractivity contribution is 9.10. The minimum absolute atomic E-state index is 0.0676. The summed E-state index contributed by atoms with van der Waals surface area (Å²) in [5.41, 5.74) is 2.50. The Bertz CT molecular complexity index is 473. The van der Waals surface area contributed by atoms with E-state index in [-0.39, 0.29) is 24.3 Å². The molecule has 0 saturated heterocycles. The third-order valence-electron chi connectivity index (χ3n) is 3.68. The van der Waals surface area contributed by atoms with Crippen molar-refractivity contribution >= 4 is 21.8 Å². The van der Waals surface area contributed by atoms with E-state index in [4.69, 9.17) is 0 Å². The number of aryl methyl sites for hydroxylation is 1. The fourth-order valence-corrected chi connectivity index (χ4v) is 2.82. The standard InChI is InChI=1S/C15H20BrNO2/c1-9(2)14(18)8-15(19)17-13-6-3-10-7-11(16)4-5-12(10)13/h4-5,7,9,13-14,18H,3,6,8H2,1-2H3,(H,17,19). The van der Waals surface area contributed by atoms with Crippen LogP contribution in [0.1, 0.15) is 43.9 Å². The van der Waals surface area contributed by atoms with E-state index in [0.717, 1.165) is 17.3 Å². The number of benzene rings is 1. The van der Waals surface area contributed by atoms with E-state index in [1.54, 1.807) is 0 Å². The Morgan fingerprint density at radius 1 is 1.53 bits per heavy atom. The van der Waals surface area contributed by atoms with Crippen molar-refractivity contribution in [3.63, 3.8) is 0 Å². The lowest BCUT2D eigenvalue weighted by Gasteiger charge is -2.18. The molecule has 0 fully saturated rings. The zero-order chi connectivity index (χ0) is 14.0.